The van der Waals surface area contributed by atoms with Crippen LogP contribution in [-0.4, -0.2) is 25.4 Å². The third-order valence-electron chi connectivity index (χ3n) is 5.08. The molecular weight excluding hydrogens is 394 g/mol. The number of nitrogens with one attached hydrogen (secondary N) is 2. The lowest BCUT2D eigenvalue weighted by molar-refractivity contribution is 0.103. The maximum absolute atomic E-state index is 13.0. The van der Waals surface area contributed by atoms with E-state index in [2.05, 4.69) is 15.1 Å². The van der Waals surface area contributed by atoms with Crippen molar-refractivity contribution in [3.63, 3.8) is 0 Å². The van der Waals surface area contributed by atoms with E-state index in [1.807, 2.05) is 6.07 Å². The van der Waals surface area contributed by atoms with E-state index in [0.717, 1.165) is 0 Å². The summed E-state index contributed by atoms with van der Waals surface area (Å²) in [5.41, 5.74) is 6.25. The first-order valence-electron chi connectivity index (χ1n) is 9.23. The van der Waals surface area contributed by atoms with Crippen LogP contribution in [0.3, 0.4) is 0 Å². The van der Waals surface area contributed by atoms with Crippen molar-refractivity contribution >= 4 is 39.1 Å². The molecule has 9 nitrogen and oxygen atoms in total. The van der Waals surface area contributed by atoms with Gasteiger partial charge in [0.2, 0.25) is 5.78 Å². The lowest BCUT2D eigenvalue weighted by atomic mass is 10.0. The number of benzene rings is 2. The van der Waals surface area contributed by atoms with Crippen LogP contribution in [-0.2, 0) is 0 Å². The van der Waals surface area contributed by atoms with Gasteiger partial charge in [-0.3, -0.25) is 15.0 Å². The molecule has 3 heterocycles. The smallest absolute Gasteiger partial charge is 0.261 e. The molecule has 2 aromatic carbocycles. The highest BCUT2D eigenvalue weighted by atomic mass is 16.1. The fourth-order valence-electron chi connectivity index (χ4n) is 3.62. The summed E-state index contributed by atoms with van der Waals surface area (Å²) < 4.78 is 1.40. The summed E-state index contributed by atoms with van der Waals surface area (Å²) in [6.45, 7) is 0. The van der Waals surface area contributed by atoms with Gasteiger partial charge in [0.05, 0.1) is 16.7 Å². The molecule has 0 amide bonds. The van der Waals surface area contributed by atoms with Crippen LogP contribution in [0.2, 0.25) is 0 Å². The normalized spacial score (nSPS) is 11.1. The summed E-state index contributed by atoms with van der Waals surface area (Å²) >= 11 is 0. The first-order valence-corrected chi connectivity index (χ1v) is 9.23. The van der Waals surface area contributed by atoms with Gasteiger partial charge in [-0.2, -0.15) is 10.4 Å². The third kappa shape index (κ3) is 2.59. The quantitative estimate of drug-likeness (QED) is 0.231. The maximum Gasteiger partial charge on any atom is 0.261 e. The zero-order chi connectivity index (χ0) is 21.7. The molecule has 5 rings (SSSR count). The predicted octanol–water partition coefficient (Wildman–Crippen LogP) is 1.89. The molecule has 5 aromatic rings. The summed E-state index contributed by atoms with van der Waals surface area (Å²) in [4.78, 5) is 32.5. The van der Waals surface area contributed by atoms with E-state index < -0.39 is 11.3 Å². The molecule has 0 saturated heterocycles. The van der Waals surface area contributed by atoms with Crippen molar-refractivity contribution in [2.24, 2.45) is 0 Å². The Morgan fingerprint density at radius 3 is 2.58 bits per heavy atom. The van der Waals surface area contributed by atoms with Crippen LogP contribution in [0.5, 0.6) is 0 Å². The SMILES string of the molecule is N#Cc1c2[nH]c(=O)c(C(=O)c3ccccc3)c(N)c2nn2c1nc(=N)c1ccccc12. The van der Waals surface area contributed by atoms with Crippen LogP contribution in [0.15, 0.2) is 59.4 Å². The molecule has 0 bridgehead atoms. The topological polar surface area (TPSA) is 154 Å². The molecule has 0 atom stereocenters. The van der Waals surface area contributed by atoms with Crippen molar-refractivity contribution in [3.05, 3.63) is 87.1 Å². The lowest BCUT2D eigenvalue weighted by Gasteiger charge is -2.12. The predicted molar refractivity (Wildman–Crippen MR) is 113 cm³/mol. The van der Waals surface area contributed by atoms with Crippen LogP contribution in [0.4, 0.5) is 5.69 Å². The van der Waals surface area contributed by atoms with E-state index in [-0.39, 0.29) is 39.0 Å². The Morgan fingerprint density at radius 2 is 1.84 bits per heavy atom. The Hall–Kier alpha value is -4.84. The lowest BCUT2D eigenvalue weighted by Crippen LogP contribution is -2.23. The Bertz CT molecular complexity index is 1710. The van der Waals surface area contributed by atoms with Gasteiger partial charge in [-0.1, -0.05) is 42.5 Å². The molecule has 0 fully saturated rings. The summed E-state index contributed by atoms with van der Waals surface area (Å²) in [5.74, 6) is -0.545. The van der Waals surface area contributed by atoms with E-state index >= 15 is 0 Å². The van der Waals surface area contributed by atoms with Gasteiger partial charge < -0.3 is 10.7 Å². The van der Waals surface area contributed by atoms with E-state index in [9.17, 15) is 14.9 Å². The molecular formula is C22H13N7O2. The number of nitriles is 1. The number of hydrogen-bond acceptors (Lipinski definition) is 7. The zero-order valence-electron chi connectivity index (χ0n) is 15.9. The van der Waals surface area contributed by atoms with Gasteiger partial charge in [0.15, 0.2) is 11.1 Å². The van der Waals surface area contributed by atoms with Crippen LogP contribution in [0.1, 0.15) is 21.5 Å². The average Bonchev–Trinajstić information content (AvgIpc) is 2.79. The molecule has 0 unspecified atom stereocenters. The monoisotopic (exact) mass is 407 g/mol. The van der Waals surface area contributed by atoms with E-state index in [0.29, 0.717) is 16.5 Å². The molecule has 0 spiro atoms. The van der Waals surface area contributed by atoms with Crippen molar-refractivity contribution in [2.75, 3.05) is 5.73 Å². The van der Waals surface area contributed by atoms with Gasteiger partial charge >= 0.3 is 0 Å². The number of carbonyl (C=O) groups is 1. The molecule has 31 heavy (non-hydrogen) atoms. The zero-order valence-corrected chi connectivity index (χ0v) is 15.9. The van der Waals surface area contributed by atoms with Crippen molar-refractivity contribution in [2.45, 2.75) is 0 Å². The fourth-order valence-corrected chi connectivity index (χ4v) is 3.62. The average molecular weight is 407 g/mol. The second kappa shape index (κ2) is 6.60. The molecule has 0 saturated carbocycles. The second-order valence-corrected chi connectivity index (χ2v) is 6.86. The molecule has 148 valence electrons. The van der Waals surface area contributed by atoms with Gasteiger partial charge in [-0.25, -0.2) is 9.50 Å². The molecule has 3 aromatic heterocycles. The highest BCUT2D eigenvalue weighted by Crippen LogP contribution is 2.25. The number of nitrogen functional groups attached to an aromatic ring is 1. The Labute approximate surface area is 173 Å². The van der Waals surface area contributed by atoms with Crippen molar-refractivity contribution in [1.82, 2.24) is 19.6 Å². The van der Waals surface area contributed by atoms with E-state index in [1.165, 1.54) is 4.52 Å². The number of nitrogens with zero attached hydrogens (tertiary/aromatic N) is 4. The number of H-pyrrole nitrogens is 1. The minimum Gasteiger partial charge on any atom is -0.396 e. The van der Waals surface area contributed by atoms with Crippen LogP contribution >= 0.6 is 0 Å². The van der Waals surface area contributed by atoms with E-state index in [4.69, 9.17) is 11.1 Å². The summed E-state index contributed by atoms with van der Waals surface area (Å²) in [7, 11) is 0. The number of carbonyl (C=O) groups excluding carboxylic acids is 1. The van der Waals surface area contributed by atoms with Crippen LogP contribution < -0.4 is 16.8 Å². The number of ketones is 1. The number of aromatic nitrogens is 4. The molecule has 4 N–H and O–H groups in total. The van der Waals surface area contributed by atoms with Gasteiger partial charge in [0.1, 0.15) is 22.7 Å². The first kappa shape index (κ1) is 18.2. The minimum absolute atomic E-state index is 0.00626. The number of anilines is 1. The first-order chi connectivity index (χ1) is 15.0. The number of fused-ring (bicyclic) bond motifs is 4. The molecule has 0 aliphatic carbocycles. The van der Waals surface area contributed by atoms with Crippen molar-refractivity contribution in [1.29, 1.82) is 10.7 Å². The minimum atomic E-state index is -0.728. The van der Waals surface area contributed by atoms with Crippen LogP contribution in [0.25, 0.3) is 27.6 Å². The standard InChI is InChI=1S/C22H13N7O2/c23-10-13-17-18(28-29-14-9-5-4-8-12(14)20(25)27-21(13)29)16(24)15(22(31)26-17)19(30)11-6-2-1-3-7-11/h1-9,25H,24H2,(H,26,31). The van der Waals surface area contributed by atoms with Gasteiger partial charge in [-0.15, -0.1) is 0 Å². The highest BCUT2D eigenvalue weighted by Gasteiger charge is 2.23. The molecule has 9 heteroatoms. The number of rotatable bonds is 2. The highest BCUT2D eigenvalue weighted by molar-refractivity contribution is 6.15. The third-order valence-corrected chi connectivity index (χ3v) is 5.08. The molecule has 0 radical (unpaired) electrons. The summed E-state index contributed by atoms with van der Waals surface area (Å²) in [6, 6.07) is 17.3. The van der Waals surface area contributed by atoms with Crippen molar-refractivity contribution in [3.8, 4) is 6.07 Å². The Morgan fingerprint density at radius 1 is 1.13 bits per heavy atom. The number of hydrogen-bond donors (Lipinski definition) is 3. The van der Waals surface area contributed by atoms with Gasteiger partial charge in [-0.05, 0) is 12.1 Å². The molecule has 0 aliphatic heterocycles. The summed E-state index contributed by atoms with van der Waals surface area (Å²) in [6.07, 6.45) is 0. The number of nitrogens with two attached hydrogens (primary N) is 1. The summed E-state index contributed by atoms with van der Waals surface area (Å²) in [5, 5.41) is 23.0. The van der Waals surface area contributed by atoms with Gasteiger partial charge in [0.25, 0.3) is 5.56 Å². The largest absolute Gasteiger partial charge is 0.396 e. The number of para-hydroxylation sites is 1. The van der Waals surface area contributed by atoms with Crippen molar-refractivity contribution < 1.29 is 4.79 Å². The number of aromatic amines is 1. The van der Waals surface area contributed by atoms with Crippen LogP contribution in [0, 0.1) is 16.7 Å². The second-order valence-electron chi connectivity index (χ2n) is 6.86. The van der Waals surface area contributed by atoms with E-state index in [1.54, 1.807) is 54.6 Å². The maximum atomic E-state index is 13.0. The fraction of sp³-hybridized carbons (Fsp3) is 0. The Balaban J connectivity index is 1.95. The van der Waals surface area contributed by atoms with Gasteiger partial charge in [0, 0.05) is 10.9 Å². The molecule has 0 aliphatic rings. The Kier molecular flexibility index (Phi) is 3.88. The number of pyridine rings is 1.